The number of aliphatic carboxylic acids is 1. The highest BCUT2D eigenvalue weighted by Crippen LogP contribution is 2.75. The molecule has 0 aromatic carbocycles. The highest BCUT2D eigenvalue weighted by Gasteiger charge is 2.69. The van der Waals surface area contributed by atoms with Crippen molar-refractivity contribution in [3.8, 4) is 0 Å². The summed E-state index contributed by atoms with van der Waals surface area (Å²) in [6, 6.07) is 0. The number of carboxylic acid groups (broad SMARTS) is 1. The van der Waals surface area contributed by atoms with Gasteiger partial charge in [0.25, 0.3) is 0 Å². The Balaban J connectivity index is 1.59. The molecule has 10 unspecified atom stereocenters. The first kappa shape index (κ1) is 24.5. The minimum atomic E-state index is -0.870. The van der Waals surface area contributed by atoms with Crippen LogP contribution in [0.25, 0.3) is 0 Å². The van der Waals surface area contributed by atoms with Crippen LogP contribution in [0, 0.1) is 56.2 Å². The summed E-state index contributed by atoms with van der Waals surface area (Å²) in [5.74, 6) is 0.937. The number of fused-ring (bicyclic) bond motifs is 7. The van der Waals surface area contributed by atoms with Crippen LogP contribution < -0.4 is 0 Å². The molecule has 0 saturated heterocycles. The molecular weight excluding hydrogens is 424 g/mol. The summed E-state index contributed by atoms with van der Waals surface area (Å²) in [6.07, 6.45) is 11.3. The Morgan fingerprint density at radius 1 is 0.882 bits per heavy atom. The van der Waals surface area contributed by atoms with Crippen molar-refractivity contribution >= 4 is 11.8 Å². The Labute approximate surface area is 206 Å². The van der Waals surface area contributed by atoms with E-state index in [-0.39, 0.29) is 38.9 Å². The molecule has 0 amide bonds. The van der Waals surface area contributed by atoms with Crippen LogP contribution in [-0.2, 0) is 9.59 Å². The molecule has 0 radical (unpaired) electrons. The fourth-order valence-electron chi connectivity index (χ4n) is 10.5. The predicted octanol–water partition coefficient (Wildman–Crippen LogP) is 6.27. The summed E-state index contributed by atoms with van der Waals surface area (Å²) in [7, 11) is 0. The summed E-state index contributed by atoms with van der Waals surface area (Å²) in [5.41, 5.74) is -1.08. The monoisotopic (exact) mass is 470 g/mol. The molecule has 5 aliphatic carbocycles. The van der Waals surface area contributed by atoms with Crippen LogP contribution in [0.1, 0.15) is 99.8 Å². The zero-order chi connectivity index (χ0) is 25.1. The summed E-state index contributed by atoms with van der Waals surface area (Å²) in [6.45, 7) is 15.9. The lowest BCUT2D eigenvalue weighted by molar-refractivity contribution is -0.220. The second-order valence-electron chi connectivity index (χ2n) is 14.9. The van der Waals surface area contributed by atoms with Gasteiger partial charge in [-0.25, -0.2) is 0 Å². The zero-order valence-corrected chi connectivity index (χ0v) is 22.4. The van der Waals surface area contributed by atoms with E-state index in [0.29, 0.717) is 36.9 Å². The van der Waals surface area contributed by atoms with E-state index in [2.05, 4.69) is 53.7 Å². The van der Waals surface area contributed by atoms with Crippen LogP contribution in [-0.4, -0.2) is 28.1 Å². The van der Waals surface area contributed by atoms with Crippen molar-refractivity contribution in [2.75, 3.05) is 0 Å². The smallest absolute Gasteiger partial charge is 0.309 e. The normalized spacial score (nSPS) is 56.0. The van der Waals surface area contributed by atoms with E-state index < -0.39 is 17.5 Å². The molecule has 0 heterocycles. The molecular formula is C30H46O4. The Morgan fingerprint density at radius 3 is 2.21 bits per heavy atom. The van der Waals surface area contributed by atoms with Gasteiger partial charge in [-0.05, 0) is 97.2 Å². The number of aliphatic hydroxyl groups is 1. The van der Waals surface area contributed by atoms with E-state index in [1.807, 2.05) is 6.92 Å². The molecule has 190 valence electrons. The third kappa shape index (κ3) is 2.75. The Bertz CT molecular complexity index is 951. The lowest BCUT2D eigenvalue weighted by Crippen LogP contribution is -2.66. The zero-order valence-electron chi connectivity index (χ0n) is 22.4. The van der Waals surface area contributed by atoms with Gasteiger partial charge in [-0.2, -0.15) is 0 Å². The molecule has 4 fully saturated rings. The highest BCUT2D eigenvalue weighted by atomic mass is 16.4. The fraction of sp³-hybridized carbons (Fsp3) is 0.867. The van der Waals surface area contributed by atoms with Crippen LogP contribution in [0.5, 0.6) is 0 Å². The number of rotatable bonds is 1. The van der Waals surface area contributed by atoms with Crippen molar-refractivity contribution in [1.29, 1.82) is 0 Å². The van der Waals surface area contributed by atoms with Crippen molar-refractivity contribution in [2.24, 2.45) is 56.2 Å². The Morgan fingerprint density at radius 2 is 1.56 bits per heavy atom. The van der Waals surface area contributed by atoms with Gasteiger partial charge in [0.1, 0.15) is 5.78 Å². The maximum Gasteiger partial charge on any atom is 0.309 e. The second kappa shape index (κ2) is 6.99. The van der Waals surface area contributed by atoms with Gasteiger partial charge < -0.3 is 10.2 Å². The first-order chi connectivity index (χ1) is 15.6. The summed E-state index contributed by atoms with van der Waals surface area (Å²) < 4.78 is 0. The molecule has 2 N–H and O–H groups in total. The molecule has 5 rings (SSSR count). The number of Topliss-reactive ketones (excluding diaryl/α,β-unsaturated/α-hetero) is 1. The third-order valence-corrected chi connectivity index (χ3v) is 13.2. The number of carbonyl (C=O) groups is 2. The quantitative estimate of drug-likeness (QED) is 0.443. The number of hydrogen-bond acceptors (Lipinski definition) is 3. The molecule has 0 spiro atoms. The molecule has 34 heavy (non-hydrogen) atoms. The lowest BCUT2D eigenvalue weighted by Gasteiger charge is -2.71. The van der Waals surface area contributed by atoms with Crippen molar-refractivity contribution in [1.82, 2.24) is 0 Å². The summed E-state index contributed by atoms with van der Waals surface area (Å²) in [4.78, 5) is 25.2. The first-order valence-electron chi connectivity index (χ1n) is 13.7. The maximum absolute atomic E-state index is 12.9. The summed E-state index contributed by atoms with van der Waals surface area (Å²) in [5, 5.41) is 21.3. The van der Waals surface area contributed by atoms with E-state index in [9.17, 15) is 19.8 Å². The predicted molar refractivity (Wildman–Crippen MR) is 133 cm³/mol. The van der Waals surface area contributed by atoms with Crippen LogP contribution in [0.15, 0.2) is 12.2 Å². The van der Waals surface area contributed by atoms with Gasteiger partial charge in [0.05, 0.1) is 11.5 Å². The van der Waals surface area contributed by atoms with Crippen molar-refractivity contribution in [2.45, 2.75) is 106 Å². The van der Waals surface area contributed by atoms with Crippen molar-refractivity contribution < 1.29 is 19.8 Å². The number of allylic oxidation sites excluding steroid dienone is 2. The fourth-order valence-corrected chi connectivity index (χ4v) is 10.5. The molecule has 0 aromatic heterocycles. The second-order valence-corrected chi connectivity index (χ2v) is 14.9. The standard InChI is InChI=1S/C30H46O4/c1-25(2)20-10-13-30(7)21(28(20,5)12-11-22(25)31)9-8-18-19-16-26(3,24(33)34)17-23(32)27(19,4)14-15-29(18,30)6/h8-9,18-21,23,32H,10-17H2,1-7H3,(H,33,34). The van der Waals surface area contributed by atoms with Gasteiger partial charge >= 0.3 is 5.97 Å². The summed E-state index contributed by atoms with van der Waals surface area (Å²) >= 11 is 0. The van der Waals surface area contributed by atoms with Gasteiger partial charge in [-0.1, -0.05) is 53.7 Å². The van der Waals surface area contributed by atoms with E-state index in [4.69, 9.17) is 0 Å². The molecule has 4 saturated carbocycles. The highest BCUT2D eigenvalue weighted by molar-refractivity contribution is 5.85. The van der Waals surface area contributed by atoms with E-state index >= 15 is 0 Å². The minimum Gasteiger partial charge on any atom is -0.481 e. The maximum atomic E-state index is 12.9. The van der Waals surface area contributed by atoms with Crippen LogP contribution in [0.3, 0.4) is 0 Å². The first-order valence-corrected chi connectivity index (χ1v) is 13.7. The number of ketones is 1. The van der Waals surface area contributed by atoms with Gasteiger partial charge in [0.2, 0.25) is 0 Å². The van der Waals surface area contributed by atoms with E-state index in [0.717, 1.165) is 32.1 Å². The molecule has 0 aliphatic heterocycles. The SMILES string of the molecule is CC1(C(=O)O)CC(O)C2(C)CCC3(C)C(C=CC4C5(C)CCC(=O)C(C)(C)C5CCC43C)C2C1. The Kier molecular flexibility index (Phi) is 5.04. The van der Waals surface area contributed by atoms with Crippen LogP contribution in [0.4, 0.5) is 0 Å². The lowest BCUT2D eigenvalue weighted by atomic mass is 9.33. The number of carboxylic acids is 1. The van der Waals surface area contributed by atoms with Gasteiger partial charge in [0, 0.05) is 11.8 Å². The van der Waals surface area contributed by atoms with Crippen LogP contribution in [0.2, 0.25) is 0 Å². The van der Waals surface area contributed by atoms with Crippen molar-refractivity contribution in [3.05, 3.63) is 12.2 Å². The van der Waals surface area contributed by atoms with Gasteiger partial charge in [-0.15, -0.1) is 0 Å². The average molecular weight is 471 g/mol. The largest absolute Gasteiger partial charge is 0.481 e. The van der Waals surface area contributed by atoms with Gasteiger partial charge in [-0.3, -0.25) is 9.59 Å². The minimum absolute atomic E-state index is 0.0621. The topological polar surface area (TPSA) is 74.6 Å². The Hall–Kier alpha value is -1.16. The molecule has 4 heteroatoms. The molecule has 10 atom stereocenters. The average Bonchev–Trinajstić information content (AvgIpc) is 2.73. The molecule has 4 nitrogen and oxygen atoms in total. The van der Waals surface area contributed by atoms with E-state index in [1.54, 1.807) is 0 Å². The third-order valence-electron chi connectivity index (χ3n) is 13.2. The number of aliphatic hydroxyl groups excluding tert-OH is 1. The van der Waals surface area contributed by atoms with Gasteiger partial charge in [0.15, 0.2) is 0 Å². The molecule has 0 bridgehead atoms. The number of carbonyl (C=O) groups excluding carboxylic acids is 1. The number of hydrogen-bond donors (Lipinski definition) is 2. The molecule has 5 aliphatic rings. The van der Waals surface area contributed by atoms with Crippen LogP contribution >= 0.6 is 0 Å². The van der Waals surface area contributed by atoms with E-state index in [1.165, 1.54) is 0 Å². The molecule has 0 aromatic rings. The van der Waals surface area contributed by atoms with Crippen molar-refractivity contribution in [3.63, 3.8) is 0 Å².